The molecule has 1 N–H and O–H groups in total. The van der Waals surface area contributed by atoms with Crippen LogP contribution in [-0.4, -0.2) is 25.0 Å². The van der Waals surface area contributed by atoms with Crippen LogP contribution in [0, 0.1) is 0 Å². The molecular formula is C8H16FNO. The maximum absolute atomic E-state index is 12.9. The summed E-state index contributed by atoms with van der Waals surface area (Å²) in [6.45, 7) is 4.71. The zero-order valence-electron chi connectivity index (χ0n) is 7.19. The molecule has 0 amide bonds. The standard InChI is InChI=1S/C8H16FNO/c1-8(2,9)11-7-4-3-5-10-6-7/h7,10H,3-6H2,1-2H3. The summed E-state index contributed by atoms with van der Waals surface area (Å²) in [6, 6.07) is 0. The molecule has 1 rings (SSSR count). The molecule has 0 spiro atoms. The molecular weight excluding hydrogens is 145 g/mol. The van der Waals surface area contributed by atoms with Gasteiger partial charge in [-0.25, -0.2) is 4.39 Å². The van der Waals surface area contributed by atoms with Crippen LogP contribution >= 0.6 is 0 Å². The summed E-state index contributed by atoms with van der Waals surface area (Å²) in [6.07, 6.45) is 2.12. The highest BCUT2D eigenvalue weighted by molar-refractivity contribution is 4.70. The molecule has 11 heavy (non-hydrogen) atoms. The first-order valence-electron chi connectivity index (χ1n) is 4.15. The van der Waals surface area contributed by atoms with E-state index in [1.165, 1.54) is 13.8 Å². The summed E-state index contributed by atoms with van der Waals surface area (Å²) in [4.78, 5) is 0. The smallest absolute Gasteiger partial charge is 0.203 e. The van der Waals surface area contributed by atoms with Crippen LogP contribution < -0.4 is 5.32 Å². The monoisotopic (exact) mass is 161 g/mol. The molecule has 3 heteroatoms. The number of hydrogen-bond acceptors (Lipinski definition) is 2. The van der Waals surface area contributed by atoms with E-state index >= 15 is 0 Å². The van der Waals surface area contributed by atoms with Crippen LogP contribution in [0.25, 0.3) is 0 Å². The number of hydrogen-bond donors (Lipinski definition) is 1. The molecule has 0 radical (unpaired) electrons. The van der Waals surface area contributed by atoms with Gasteiger partial charge in [0.15, 0.2) is 0 Å². The lowest BCUT2D eigenvalue weighted by atomic mass is 10.1. The lowest BCUT2D eigenvalue weighted by Gasteiger charge is -2.27. The molecule has 0 aromatic heterocycles. The Morgan fingerprint density at radius 2 is 2.27 bits per heavy atom. The predicted octanol–water partition coefficient (Wildman–Crippen LogP) is 1.46. The molecule has 1 aliphatic rings. The highest BCUT2D eigenvalue weighted by Crippen LogP contribution is 2.17. The third kappa shape index (κ3) is 3.68. The molecule has 0 saturated carbocycles. The number of halogens is 1. The summed E-state index contributed by atoms with van der Waals surface area (Å²) >= 11 is 0. The molecule has 2 nitrogen and oxygen atoms in total. The molecule has 0 aliphatic carbocycles. The maximum Gasteiger partial charge on any atom is 0.203 e. The third-order valence-corrected chi connectivity index (χ3v) is 1.70. The minimum Gasteiger partial charge on any atom is -0.341 e. The average molecular weight is 161 g/mol. The van der Waals surface area contributed by atoms with Crippen molar-refractivity contribution < 1.29 is 9.13 Å². The Morgan fingerprint density at radius 1 is 1.55 bits per heavy atom. The normalized spacial score (nSPS) is 27.0. The summed E-state index contributed by atoms with van der Waals surface area (Å²) < 4.78 is 18.1. The highest BCUT2D eigenvalue weighted by Gasteiger charge is 2.23. The van der Waals surface area contributed by atoms with Crippen LogP contribution in [-0.2, 0) is 4.74 Å². The van der Waals surface area contributed by atoms with E-state index in [1.54, 1.807) is 0 Å². The van der Waals surface area contributed by atoms with Crippen molar-refractivity contribution >= 4 is 0 Å². The molecule has 0 aromatic carbocycles. The van der Waals surface area contributed by atoms with Crippen LogP contribution in [0.1, 0.15) is 26.7 Å². The van der Waals surface area contributed by atoms with Crippen molar-refractivity contribution in [1.29, 1.82) is 0 Å². The Bertz CT molecular complexity index is 116. The van der Waals surface area contributed by atoms with E-state index in [1.807, 2.05) is 0 Å². The minimum absolute atomic E-state index is 0.0590. The lowest BCUT2D eigenvalue weighted by Crippen LogP contribution is -2.39. The molecule has 1 unspecified atom stereocenters. The van der Waals surface area contributed by atoms with Crippen molar-refractivity contribution in [3.8, 4) is 0 Å². The van der Waals surface area contributed by atoms with Gasteiger partial charge in [0, 0.05) is 6.54 Å². The predicted molar refractivity (Wildman–Crippen MR) is 42.2 cm³/mol. The van der Waals surface area contributed by atoms with Gasteiger partial charge in [0.05, 0.1) is 6.10 Å². The largest absolute Gasteiger partial charge is 0.341 e. The third-order valence-electron chi connectivity index (χ3n) is 1.70. The van der Waals surface area contributed by atoms with E-state index in [4.69, 9.17) is 4.74 Å². The fourth-order valence-electron chi connectivity index (χ4n) is 1.32. The Hall–Kier alpha value is -0.150. The number of alkyl halides is 1. The van der Waals surface area contributed by atoms with Gasteiger partial charge in [-0.2, -0.15) is 0 Å². The molecule has 1 fully saturated rings. The molecule has 1 aliphatic heterocycles. The minimum atomic E-state index is -1.48. The SMILES string of the molecule is CC(C)(F)OC1CCCNC1. The first-order chi connectivity index (χ1) is 5.08. The Labute approximate surface area is 67.1 Å². The number of ether oxygens (including phenoxy) is 1. The molecule has 66 valence electrons. The molecule has 1 atom stereocenters. The molecule has 0 bridgehead atoms. The summed E-state index contributed by atoms with van der Waals surface area (Å²) in [5.74, 6) is -1.48. The van der Waals surface area contributed by atoms with Crippen LogP contribution in [0.15, 0.2) is 0 Å². The van der Waals surface area contributed by atoms with Crippen molar-refractivity contribution in [1.82, 2.24) is 5.32 Å². The summed E-state index contributed by atoms with van der Waals surface area (Å²) in [7, 11) is 0. The quantitative estimate of drug-likeness (QED) is 0.662. The van der Waals surface area contributed by atoms with Gasteiger partial charge in [-0.05, 0) is 33.2 Å². The van der Waals surface area contributed by atoms with E-state index in [2.05, 4.69) is 5.32 Å². The lowest BCUT2D eigenvalue weighted by molar-refractivity contribution is -0.157. The summed E-state index contributed by atoms with van der Waals surface area (Å²) in [5.41, 5.74) is 0. The Morgan fingerprint density at radius 3 is 2.73 bits per heavy atom. The Kier molecular flexibility index (Phi) is 2.84. The van der Waals surface area contributed by atoms with Gasteiger partial charge in [-0.3, -0.25) is 0 Å². The second kappa shape index (κ2) is 3.50. The van der Waals surface area contributed by atoms with Gasteiger partial charge in [0.2, 0.25) is 5.85 Å². The fraction of sp³-hybridized carbons (Fsp3) is 1.00. The van der Waals surface area contributed by atoms with Gasteiger partial charge in [-0.1, -0.05) is 0 Å². The first kappa shape index (κ1) is 8.94. The zero-order chi connectivity index (χ0) is 8.32. The van der Waals surface area contributed by atoms with Gasteiger partial charge in [0.1, 0.15) is 0 Å². The second-order valence-electron chi connectivity index (χ2n) is 3.45. The van der Waals surface area contributed by atoms with E-state index in [0.717, 1.165) is 25.9 Å². The van der Waals surface area contributed by atoms with E-state index < -0.39 is 5.85 Å². The summed E-state index contributed by atoms with van der Waals surface area (Å²) in [5, 5.41) is 3.17. The molecule has 1 heterocycles. The molecule has 1 saturated heterocycles. The van der Waals surface area contributed by atoms with Gasteiger partial charge in [0.25, 0.3) is 0 Å². The van der Waals surface area contributed by atoms with Crippen molar-refractivity contribution in [2.45, 2.75) is 38.6 Å². The second-order valence-corrected chi connectivity index (χ2v) is 3.45. The highest BCUT2D eigenvalue weighted by atomic mass is 19.2. The first-order valence-corrected chi connectivity index (χ1v) is 4.15. The van der Waals surface area contributed by atoms with Crippen molar-refractivity contribution in [2.75, 3.05) is 13.1 Å². The van der Waals surface area contributed by atoms with Crippen molar-refractivity contribution in [3.63, 3.8) is 0 Å². The Balaban J connectivity index is 2.24. The van der Waals surface area contributed by atoms with Gasteiger partial charge >= 0.3 is 0 Å². The number of piperidine rings is 1. The maximum atomic E-state index is 12.9. The van der Waals surface area contributed by atoms with E-state index in [0.29, 0.717) is 0 Å². The number of rotatable bonds is 2. The van der Waals surface area contributed by atoms with E-state index in [-0.39, 0.29) is 6.10 Å². The van der Waals surface area contributed by atoms with Gasteiger partial charge in [-0.15, -0.1) is 0 Å². The van der Waals surface area contributed by atoms with Crippen molar-refractivity contribution in [3.05, 3.63) is 0 Å². The topological polar surface area (TPSA) is 21.3 Å². The number of nitrogens with one attached hydrogen (secondary N) is 1. The van der Waals surface area contributed by atoms with Crippen molar-refractivity contribution in [2.24, 2.45) is 0 Å². The van der Waals surface area contributed by atoms with E-state index in [9.17, 15) is 4.39 Å². The van der Waals surface area contributed by atoms with Crippen LogP contribution in [0.2, 0.25) is 0 Å². The average Bonchev–Trinajstić information content (AvgIpc) is 1.85. The zero-order valence-corrected chi connectivity index (χ0v) is 7.19. The van der Waals surface area contributed by atoms with Crippen LogP contribution in [0.5, 0.6) is 0 Å². The van der Waals surface area contributed by atoms with Crippen LogP contribution in [0.4, 0.5) is 4.39 Å². The fourth-order valence-corrected chi connectivity index (χ4v) is 1.32. The van der Waals surface area contributed by atoms with Crippen LogP contribution in [0.3, 0.4) is 0 Å². The van der Waals surface area contributed by atoms with Gasteiger partial charge < -0.3 is 10.1 Å². The molecule has 0 aromatic rings.